The highest BCUT2D eigenvalue weighted by Gasteiger charge is 2.41. The summed E-state index contributed by atoms with van der Waals surface area (Å²) in [6.45, 7) is 6.94. The number of methoxy groups -OCH3 is 1. The maximum Gasteiger partial charge on any atom is 0.408 e. The topological polar surface area (TPSA) is 97.0 Å². The second-order valence-electron chi connectivity index (χ2n) is 9.42. The Kier molecular flexibility index (Phi) is 7.81. The van der Waals surface area contributed by atoms with E-state index in [9.17, 15) is 14.4 Å². The van der Waals surface area contributed by atoms with Gasteiger partial charge in [0.15, 0.2) is 0 Å². The minimum absolute atomic E-state index is 0.0694. The maximum absolute atomic E-state index is 13.5. The molecule has 0 radical (unpaired) electrons. The number of alkyl carbamates (subject to hydrolysis) is 1. The van der Waals surface area contributed by atoms with Crippen molar-refractivity contribution in [2.75, 3.05) is 19.0 Å². The van der Waals surface area contributed by atoms with Gasteiger partial charge in [-0.1, -0.05) is 29.8 Å². The number of rotatable bonds is 8. The molecule has 3 amide bonds. The highest BCUT2D eigenvalue weighted by atomic mass is 16.6. The molecule has 0 spiro atoms. The molecule has 0 heterocycles. The fourth-order valence-electron chi connectivity index (χ4n) is 3.63. The second kappa shape index (κ2) is 10.6. The van der Waals surface area contributed by atoms with Crippen LogP contribution in [0.15, 0.2) is 48.5 Å². The first-order valence-electron chi connectivity index (χ1n) is 11.4. The van der Waals surface area contributed by atoms with Crippen molar-refractivity contribution >= 4 is 23.6 Å². The summed E-state index contributed by atoms with van der Waals surface area (Å²) in [5, 5.41) is 5.45. The van der Waals surface area contributed by atoms with Crippen molar-refractivity contribution in [1.29, 1.82) is 0 Å². The zero-order chi connectivity index (χ0) is 24.9. The van der Waals surface area contributed by atoms with Gasteiger partial charge in [0.05, 0.1) is 7.11 Å². The Labute approximate surface area is 200 Å². The van der Waals surface area contributed by atoms with Gasteiger partial charge >= 0.3 is 6.09 Å². The summed E-state index contributed by atoms with van der Waals surface area (Å²) in [7, 11) is 1.58. The predicted molar refractivity (Wildman–Crippen MR) is 130 cm³/mol. The van der Waals surface area contributed by atoms with Crippen LogP contribution >= 0.6 is 0 Å². The fraction of sp³-hybridized carbons (Fsp3) is 0.423. The van der Waals surface area contributed by atoms with E-state index in [1.165, 1.54) is 0 Å². The van der Waals surface area contributed by atoms with Crippen molar-refractivity contribution < 1.29 is 23.9 Å². The van der Waals surface area contributed by atoms with E-state index < -0.39 is 17.7 Å². The number of anilines is 1. The molecule has 1 fully saturated rings. The quantitative estimate of drug-likeness (QED) is 0.607. The van der Waals surface area contributed by atoms with Gasteiger partial charge in [-0.15, -0.1) is 0 Å². The molecule has 1 unspecified atom stereocenters. The van der Waals surface area contributed by atoms with Crippen LogP contribution in [0.25, 0.3) is 0 Å². The predicted octanol–water partition coefficient (Wildman–Crippen LogP) is 4.20. The Hall–Kier alpha value is -3.55. The van der Waals surface area contributed by atoms with Gasteiger partial charge in [0.1, 0.15) is 23.9 Å². The number of carbonyl (C=O) groups is 3. The van der Waals surface area contributed by atoms with Crippen LogP contribution in [0.3, 0.4) is 0 Å². The highest BCUT2D eigenvalue weighted by Crippen LogP contribution is 2.35. The van der Waals surface area contributed by atoms with E-state index in [0.29, 0.717) is 17.0 Å². The first kappa shape index (κ1) is 25.1. The lowest BCUT2D eigenvalue weighted by atomic mass is 10.0. The van der Waals surface area contributed by atoms with E-state index in [0.717, 1.165) is 18.4 Å². The van der Waals surface area contributed by atoms with Crippen LogP contribution in [0.5, 0.6) is 5.75 Å². The summed E-state index contributed by atoms with van der Waals surface area (Å²) < 4.78 is 10.4. The van der Waals surface area contributed by atoms with Gasteiger partial charge in [-0.2, -0.15) is 0 Å². The Morgan fingerprint density at radius 2 is 1.76 bits per heavy atom. The largest absolute Gasteiger partial charge is 0.497 e. The Balaban J connectivity index is 1.84. The molecule has 1 saturated carbocycles. The molecular formula is C26H33N3O5. The van der Waals surface area contributed by atoms with Crippen molar-refractivity contribution in [3.63, 3.8) is 0 Å². The van der Waals surface area contributed by atoms with Crippen LogP contribution in [0, 0.1) is 6.92 Å². The molecular weight excluding hydrogens is 434 g/mol. The van der Waals surface area contributed by atoms with Crippen LogP contribution in [0.2, 0.25) is 0 Å². The number of aryl methyl sites for hydroxylation is 1. The monoisotopic (exact) mass is 467 g/mol. The zero-order valence-corrected chi connectivity index (χ0v) is 20.4. The maximum atomic E-state index is 13.5. The number of nitrogens with zero attached hydrogens (tertiary/aromatic N) is 1. The molecule has 8 heteroatoms. The van der Waals surface area contributed by atoms with Gasteiger partial charge in [-0.25, -0.2) is 4.79 Å². The summed E-state index contributed by atoms with van der Waals surface area (Å²) in [6.07, 6.45) is 0.929. The van der Waals surface area contributed by atoms with Gasteiger partial charge in [0.2, 0.25) is 5.91 Å². The molecule has 0 saturated heterocycles. The van der Waals surface area contributed by atoms with Crippen molar-refractivity contribution in [3.05, 3.63) is 59.7 Å². The van der Waals surface area contributed by atoms with Crippen LogP contribution in [0.4, 0.5) is 10.5 Å². The molecule has 1 aliphatic rings. The molecule has 2 aromatic rings. The minimum Gasteiger partial charge on any atom is -0.497 e. The van der Waals surface area contributed by atoms with Crippen molar-refractivity contribution in [2.24, 2.45) is 0 Å². The molecule has 1 aliphatic carbocycles. The first-order chi connectivity index (χ1) is 16.1. The average molecular weight is 468 g/mol. The molecule has 0 aromatic heterocycles. The van der Waals surface area contributed by atoms with E-state index in [-0.39, 0.29) is 24.4 Å². The molecule has 182 valence electrons. The Morgan fingerprint density at radius 1 is 1.09 bits per heavy atom. The Morgan fingerprint density at radius 3 is 2.32 bits per heavy atom. The van der Waals surface area contributed by atoms with E-state index in [4.69, 9.17) is 9.47 Å². The minimum atomic E-state index is -0.845. The number of nitrogens with one attached hydrogen (secondary N) is 2. The number of ether oxygens (including phenoxy) is 2. The SMILES string of the molecule is COc1ccc(NC(=O)C(c2cccc(C)c2)N(C(=O)CNC(=O)OC(C)(C)C)C2CC2)cc1. The lowest BCUT2D eigenvalue weighted by Gasteiger charge is -2.32. The summed E-state index contributed by atoms with van der Waals surface area (Å²) in [5.74, 6) is 0.00858. The number of benzene rings is 2. The number of amides is 3. The van der Waals surface area contributed by atoms with Crippen LogP contribution in [-0.2, 0) is 14.3 Å². The van der Waals surface area contributed by atoms with Crippen molar-refractivity contribution in [1.82, 2.24) is 10.2 Å². The summed E-state index contributed by atoms with van der Waals surface area (Å²) in [4.78, 5) is 40.5. The van der Waals surface area contributed by atoms with Crippen LogP contribution in [0.1, 0.15) is 50.8 Å². The van der Waals surface area contributed by atoms with E-state index in [2.05, 4.69) is 10.6 Å². The van der Waals surface area contributed by atoms with Crippen molar-refractivity contribution in [3.8, 4) is 5.75 Å². The third kappa shape index (κ3) is 6.97. The van der Waals surface area contributed by atoms with E-state index in [1.807, 2.05) is 31.2 Å². The van der Waals surface area contributed by atoms with Crippen LogP contribution < -0.4 is 15.4 Å². The summed E-state index contributed by atoms with van der Waals surface area (Å²) in [5.41, 5.74) is 1.61. The Bertz CT molecular complexity index is 1030. The van der Waals surface area contributed by atoms with Gasteiger partial charge in [-0.3, -0.25) is 9.59 Å². The number of hydrogen-bond donors (Lipinski definition) is 2. The normalized spacial score (nSPS) is 14.0. The lowest BCUT2D eigenvalue weighted by Crippen LogP contribution is -2.47. The number of hydrogen-bond acceptors (Lipinski definition) is 5. The molecule has 3 rings (SSSR count). The number of carbonyl (C=O) groups excluding carboxylic acids is 3. The fourth-order valence-corrected chi connectivity index (χ4v) is 3.63. The van der Waals surface area contributed by atoms with Crippen molar-refractivity contribution in [2.45, 2.75) is 58.2 Å². The molecule has 0 aliphatic heterocycles. The molecule has 2 aromatic carbocycles. The van der Waals surface area contributed by atoms with Crippen LogP contribution in [-0.4, -0.2) is 48.1 Å². The van der Waals surface area contributed by atoms with E-state index in [1.54, 1.807) is 57.0 Å². The molecule has 34 heavy (non-hydrogen) atoms. The summed E-state index contributed by atoms with van der Waals surface area (Å²) >= 11 is 0. The third-order valence-corrected chi connectivity index (χ3v) is 5.25. The molecule has 8 nitrogen and oxygen atoms in total. The lowest BCUT2D eigenvalue weighted by molar-refractivity contribution is -0.138. The first-order valence-corrected chi connectivity index (χ1v) is 11.4. The molecule has 0 bridgehead atoms. The van der Waals surface area contributed by atoms with Gasteiger partial charge < -0.3 is 25.0 Å². The van der Waals surface area contributed by atoms with E-state index >= 15 is 0 Å². The third-order valence-electron chi connectivity index (χ3n) is 5.25. The average Bonchev–Trinajstić information content (AvgIpc) is 3.60. The highest BCUT2D eigenvalue weighted by molar-refractivity contribution is 5.98. The zero-order valence-electron chi connectivity index (χ0n) is 20.4. The van der Waals surface area contributed by atoms with Gasteiger partial charge in [0, 0.05) is 11.7 Å². The standard InChI is InChI=1S/C26H33N3O5/c1-17-7-6-8-18(15-17)23(24(31)28-19-9-13-21(33-5)14-10-19)29(20-11-12-20)22(30)16-27-25(32)34-26(2,3)4/h6-10,13-15,20,23H,11-12,16H2,1-5H3,(H,27,32)(H,28,31). The van der Waals surface area contributed by atoms with Gasteiger partial charge in [-0.05, 0) is 70.4 Å². The molecule has 2 N–H and O–H groups in total. The second-order valence-corrected chi connectivity index (χ2v) is 9.42. The van der Waals surface area contributed by atoms with Gasteiger partial charge in [0.25, 0.3) is 5.91 Å². The smallest absolute Gasteiger partial charge is 0.408 e. The summed E-state index contributed by atoms with van der Waals surface area (Å²) in [6, 6.07) is 13.6. The molecule has 1 atom stereocenters.